The van der Waals surface area contributed by atoms with Crippen molar-refractivity contribution in [2.75, 3.05) is 26.2 Å². The largest absolute Gasteiger partial charge is 0.339 e. The summed E-state index contributed by atoms with van der Waals surface area (Å²) in [6, 6.07) is 22.8. The van der Waals surface area contributed by atoms with Crippen molar-refractivity contribution in [3.8, 4) is 0 Å². The van der Waals surface area contributed by atoms with Gasteiger partial charge in [-0.25, -0.2) is 8.42 Å². The van der Waals surface area contributed by atoms with Crippen LogP contribution in [0.5, 0.6) is 0 Å². The lowest BCUT2D eigenvalue weighted by Gasteiger charge is -2.35. The molecule has 7 heteroatoms. The van der Waals surface area contributed by atoms with Crippen LogP contribution in [0.4, 0.5) is 0 Å². The van der Waals surface area contributed by atoms with Crippen LogP contribution in [-0.2, 0) is 14.8 Å². The van der Waals surface area contributed by atoms with Crippen LogP contribution in [0.2, 0.25) is 0 Å². The molecule has 3 aromatic rings. The van der Waals surface area contributed by atoms with Crippen molar-refractivity contribution in [2.45, 2.75) is 22.0 Å². The van der Waals surface area contributed by atoms with Crippen molar-refractivity contribution in [1.29, 1.82) is 0 Å². The molecule has 1 fully saturated rings. The Bertz CT molecular complexity index is 1140. The number of hydrogen-bond donors (Lipinski definition) is 0. The predicted molar refractivity (Wildman–Crippen MR) is 121 cm³/mol. The molecule has 0 aliphatic carbocycles. The fourth-order valence-corrected chi connectivity index (χ4v) is 6.09. The Hall–Kier alpha value is -2.35. The number of amides is 1. The normalized spacial score (nSPS) is 16.5. The first-order chi connectivity index (χ1) is 14.4. The summed E-state index contributed by atoms with van der Waals surface area (Å²) in [7, 11) is -3.51. The average molecular weight is 441 g/mol. The van der Waals surface area contributed by atoms with Gasteiger partial charge in [-0.2, -0.15) is 4.31 Å². The number of nitrogens with zero attached hydrogens (tertiary/aromatic N) is 2. The molecule has 0 spiro atoms. The zero-order valence-corrected chi connectivity index (χ0v) is 18.4. The minimum absolute atomic E-state index is 0.0462. The lowest BCUT2D eigenvalue weighted by atomic mass is 10.1. The van der Waals surface area contributed by atoms with Gasteiger partial charge in [0.05, 0.1) is 10.1 Å². The molecule has 30 heavy (non-hydrogen) atoms. The van der Waals surface area contributed by atoms with Gasteiger partial charge in [-0.3, -0.25) is 4.79 Å². The van der Waals surface area contributed by atoms with E-state index in [1.165, 1.54) is 9.69 Å². The van der Waals surface area contributed by atoms with Crippen LogP contribution in [0.3, 0.4) is 0 Å². The van der Waals surface area contributed by atoms with E-state index < -0.39 is 10.0 Å². The van der Waals surface area contributed by atoms with Crippen LogP contribution in [0, 0.1) is 0 Å². The summed E-state index contributed by atoms with van der Waals surface area (Å²) in [5.41, 5.74) is 0. The number of sulfonamides is 1. The first-order valence-electron chi connectivity index (χ1n) is 9.94. The van der Waals surface area contributed by atoms with E-state index in [0.717, 1.165) is 10.3 Å². The predicted octanol–water partition coefficient (Wildman–Crippen LogP) is 3.85. The molecule has 0 N–H and O–H groups in total. The van der Waals surface area contributed by atoms with E-state index in [9.17, 15) is 13.2 Å². The van der Waals surface area contributed by atoms with Gasteiger partial charge in [0.1, 0.15) is 0 Å². The lowest BCUT2D eigenvalue weighted by molar-refractivity contribution is -0.131. The molecule has 1 saturated heterocycles. The minimum Gasteiger partial charge on any atom is -0.339 e. The van der Waals surface area contributed by atoms with E-state index in [-0.39, 0.29) is 11.2 Å². The number of benzene rings is 3. The molecule has 5 nitrogen and oxygen atoms in total. The lowest BCUT2D eigenvalue weighted by Crippen LogP contribution is -2.52. The summed E-state index contributed by atoms with van der Waals surface area (Å²) in [4.78, 5) is 16.1. The molecule has 0 saturated carbocycles. The number of thioether (sulfide) groups is 1. The third-order valence-corrected chi connectivity index (χ3v) is 8.31. The second-order valence-corrected chi connectivity index (χ2v) is 10.7. The Morgan fingerprint density at radius 1 is 0.867 bits per heavy atom. The molecule has 0 radical (unpaired) electrons. The molecule has 0 bridgehead atoms. The smallest absolute Gasteiger partial charge is 0.243 e. The van der Waals surface area contributed by atoms with E-state index in [2.05, 4.69) is 24.3 Å². The zero-order chi connectivity index (χ0) is 21.1. The monoisotopic (exact) mass is 440 g/mol. The molecule has 1 unspecified atom stereocenters. The van der Waals surface area contributed by atoms with E-state index in [1.807, 2.05) is 25.1 Å². The van der Waals surface area contributed by atoms with Crippen molar-refractivity contribution < 1.29 is 13.2 Å². The summed E-state index contributed by atoms with van der Waals surface area (Å²) < 4.78 is 27.0. The first-order valence-corrected chi connectivity index (χ1v) is 12.3. The maximum Gasteiger partial charge on any atom is 0.243 e. The standard InChI is InChI=1S/C23H24N2O3S2/c1-18(29-21-12-11-19-7-5-6-8-20(19)17-21)23(26)24-13-15-25(16-14-24)30(27,28)22-9-3-2-4-10-22/h2-12,17-18H,13-16H2,1H3. The van der Waals surface area contributed by atoms with Crippen LogP contribution < -0.4 is 0 Å². The van der Waals surface area contributed by atoms with Crippen LogP contribution in [0.15, 0.2) is 82.6 Å². The maximum absolute atomic E-state index is 12.9. The van der Waals surface area contributed by atoms with Gasteiger partial charge in [-0.05, 0) is 42.0 Å². The summed E-state index contributed by atoms with van der Waals surface area (Å²) in [6.07, 6.45) is 0. The Kier molecular flexibility index (Phi) is 6.13. The molecule has 1 heterocycles. The minimum atomic E-state index is -3.51. The molecule has 1 amide bonds. The molecule has 4 rings (SSSR count). The van der Waals surface area contributed by atoms with E-state index in [1.54, 1.807) is 47.0 Å². The highest BCUT2D eigenvalue weighted by atomic mass is 32.2. The topological polar surface area (TPSA) is 57.7 Å². The van der Waals surface area contributed by atoms with E-state index in [4.69, 9.17) is 0 Å². The zero-order valence-electron chi connectivity index (χ0n) is 16.8. The van der Waals surface area contributed by atoms with Crippen LogP contribution in [0.25, 0.3) is 10.8 Å². The number of carbonyl (C=O) groups excluding carboxylic acids is 1. The fourth-order valence-electron chi connectivity index (χ4n) is 3.64. The molecule has 156 valence electrons. The number of fused-ring (bicyclic) bond motifs is 1. The van der Waals surface area contributed by atoms with Crippen molar-refractivity contribution >= 4 is 38.5 Å². The van der Waals surface area contributed by atoms with Crippen LogP contribution >= 0.6 is 11.8 Å². The van der Waals surface area contributed by atoms with Crippen molar-refractivity contribution in [2.24, 2.45) is 0 Å². The van der Waals surface area contributed by atoms with Gasteiger partial charge in [0.25, 0.3) is 0 Å². The average Bonchev–Trinajstić information content (AvgIpc) is 2.79. The third kappa shape index (κ3) is 4.38. The molecular formula is C23H24N2O3S2. The molecule has 0 aromatic heterocycles. The number of piperazine rings is 1. The number of rotatable bonds is 5. The number of hydrogen-bond acceptors (Lipinski definition) is 4. The Morgan fingerprint density at radius 2 is 1.50 bits per heavy atom. The maximum atomic E-state index is 12.9. The molecule has 1 atom stereocenters. The van der Waals surface area contributed by atoms with E-state index in [0.29, 0.717) is 31.1 Å². The van der Waals surface area contributed by atoms with Crippen LogP contribution in [0.1, 0.15) is 6.92 Å². The van der Waals surface area contributed by atoms with Gasteiger partial charge in [-0.1, -0.05) is 48.5 Å². The van der Waals surface area contributed by atoms with Gasteiger partial charge in [-0.15, -0.1) is 11.8 Å². The quantitative estimate of drug-likeness (QED) is 0.566. The highest BCUT2D eigenvalue weighted by Crippen LogP contribution is 2.28. The molecule has 1 aliphatic heterocycles. The van der Waals surface area contributed by atoms with Gasteiger partial charge in [0.15, 0.2) is 0 Å². The van der Waals surface area contributed by atoms with Gasteiger partial charge in [0.2, 0.25) is 15.9 Å². The summed E-state index contributed by atoms with van der Waals surface area (Å²) in [5.74, 6) is 0.0462. The van der Waals surface area contributed by atoms with Crippen molar-refractivity contribution in [1.82, 2.24) is 9.21 Å². The summed E-state index contributed by atoms with van der Waals surface area (Å²) in [5, 5.41) is 2.10. The van der Waals surface area contributed by atoms with Gasteiger partial charge >= 0.3 is 0 Å². The number of carbonyl (C=O) groups is 1. The molecule has 3 aromatic carbocycles. The Labute approximate surface area is 181 Å². The molecule has 1 aliphatic rings. The van der Waals surface area contributed by atoms with E-state index >= 15 is 0 Å². The van der Waals surface area contributed by atoms with Crippen molar-refractivity contribution in [3.63, 3.8) is 0 Å². The van der Waals surface area contributed by atoms with Gasteiger partial charge < -0.3 is 4.90 Å². The summed E-state index contributed by atoms with van der Waals surface area (Å²) in [6.45, 7) is 3.36. The fraction of sp³-hybridized carbons (Fsp3) is 0.261. The highest BCUT2D eigenvalue weighted by Gasteiger charge is 2.31. The second-order valence-electron chi connectivity index (χ2n) is 7.31. The Balaban J connectivity index is 1.37. The van der Waals surface area contributed by atoms with Gasteiger partial charge in [0, 0.05) is 31.1 Å². The van der Waals surface area contributed by atoms with Crippen molar-refractivity contribution in [3.05, 3.63) is 72.8 Å². The SMILES string of the molecule is CC(Sc1ccc2ccccc2c1)C(=O)N1CCN(S(=O)(=O)c2ccccc2)CC1. The third-order valence-electron chi connectivity index (χ3n) is 5.31. The van der Waals surface area contributed by atoms with Crippen LogP contribution in [-0.4, -0.2) is 55.0 Å². The first kappa shape index (κ1) is 20.9. The second kappa shape index (κ2) is 8.79. The molecular weight excluding hydrogens is 416 g/mol. The summed E-state index contributed by atoms with van der Waals surface area (Å²) >= 11 is 1.54. The highest BCUT2D eigenvalue weighted by molar-refractivity contribution is 8.00. The Morgan fingerprint density at radius 3 is 2.20 bits per heavy atom.